The van der Waals surface area contributed by atoms with Crippen LogP contribution < -0.4 is 10.1 Å². The molecule has 3 rings (SSSR count). The molecule has 2 aromatic carbocycles. The number of carbonyl (C=O) groups is 1. The third-order valence-electron chi connectivity index (χ3n) is 3.67. The lowest BCUT2D eigenvalue weighted by Crippen LogP contribution is -2.28. The highest BCUT2D eigenvalue weighted by Crippen LogP contribution is 2.18. The van der Waals surface area contributed by atoms with Gasteiger partial charge in [0.15, 0.2) is 6.61 Å². The number of nitrogens with zero attached hydrogens (tertiary/aromatic N) is 2. The van der Waals surface area contributed by atoms with Crippen LogP contribution in [0.1, 0.15) is 12.6 Å². The molecule has 0 unspecified atom stereocenters. The Morgan fingerprint density at radius 2 is 1.96 bits per heavy atom. The number of aromatic nitrogens is 2. The van der Waals surface area contributed by atoms with Gasteiger partial charge in [0.25, 0.3) is 5.91 Å². The second kappa shape index (κ2) is 7.36. The lowest BCUT2D eigenvalue weighted by molar-refractivity contribution is -0.123. The van der Waals surface area contributed by atoms with Crippen LogP contribution in [0.5, 0.6) is 5.75 Å². The van der Waals surface area contributed by atoms with Gasteiger partial charge in [-0.3, -0.25) is 9.48 Å². The molecule has 0 atom stereocenters. The van der Waals surface area contributed by atoms with Crippen molar-refractivity contribution in [3.8, 4) is 5.75 Å². The Labute approximate surface area is 145 Å². The van der Waals surface area contributed by atoms with Crippen LogP contribution in [0.15, 0.2) is 48.5 Å². The lowest BCUT2D eigenvalue weighted by Gasteiger charge is -2.06. The normalized spacial score (nSPS) is 10.8. The first kappa shape index (κ1) is 16.3. The summed E-state index contributed by atoms with van der Waals surface area (Å²) in [7, 11) is 0. The first-order chi connectivity index (χ1) is 11.7. The van der Waals surface area contributed by atoms with E-state index >= 15 is 0 Å². The van der Waals surface area contributed by atoms with E-state index in [4.69, 9.17) is 16.3 Å². The first-order valence-electron chi connectivity index (χ1n) is 7.77. The maximum absolute atomic E-state index is 12.0. The van der Waals surface area contributed by atoms with Crippen LogP contribution in [0.25, 0.3) is 10.9 Å². The first-order valence-corrected chi connectivity index (χ1v) is 8.14. The molecule has 1 heterocycles. The van der Waals surface area contributed by atoms with Crippen LogP contribution in [-0.2, 0) is 17.9 Å². The van der Waals surface area contributed by atoms with E-state index in [-0.39, 0.29) is 12.5 Å². The van der Waals surface area contributed by atoms with Crippen LogP contribution >= 0.6 is 11.6 Å². The third kappa shape index (κ3) is 3.68. The highest BCUT2D eigenvalue weighted by molar-refractivity contribution is 6.30. The van der Waals surface area contributed by atoms with Gasteiger partial charge in [0, 0.05) is 17.0 Å². The maximum atomic E-state index is 12.0. The van der Waals surface area contributed by atoms with Crippen LogP contribution in [0, 0.1) is 0 Å². The number of halogens is 1. The summed E-state index contributed by atoms with van der Waals surface area (Å²) in [5.41, 5.74) is 1.92. The number of benzene rings is 2. The van der Waals surface area contributed by atoms with Gasteiger partial charge in [-0.2, -0.15) is 5.10 Å². The average molecular weight is 344 g/mol. The zero-order chi connectivity index (χ0) is 16.9. The van der Waals surface area contributed by atoms with Gasteiger partial charge in [0.2, 0.25) is 0 Å². The standard InChI is InChI=1S/C18H18ClN3O2/c1-2-22-17-6-4-3-5-15(17)16(21-22)11-20-18(23)12-24-14-9-7-13(19)8-10-14/h3-10H,2,11-12H2,1H3,(H,20,23). The van der Waals surface area contributed by atoms with Crippen LogP contribution in [-0.4, -0.2) is 22.3 Å². The molecule has 124 valence electrons. The topological polar surface area (TPSA) is 56.2 Å². The minimum Gasteiger partial charge on any atom is -0.484 e. The van der Waals surface area contributed by atoms with Gasteiger partial charge in [0.05, 0.1) is 17.8 Å². The molecule has 0 aliphatic rings. The molecular formula is C18H18ClN3O2. The Bertz CT molecular complexity index is 843. The summed E-state index contributed by atoms with van der Waals surface area (Å²) in [4.78, 5) is 12.0. The molecule has 0 bridgehead atoms. The van der Waals surface area contributed by atoms with Crippen molar-refractivity contribution in [3.05, 3.63) is 59.2 Å². The molecule has 0 aliphatic heterocycles. The van der Waals surface area contributed by atoms with Crippen molar-refractivity contribution in [2.24, 2.45) is 0 Å². The van der Waals surface area contributed by atoms with Crippen molar-refractivity contribution < 1.29 is 9.53 Å². The van der Waals surface area contributed by atoms with Crippen molar-refractivity contribution in [1.29, 1.82) is 0 Å². The molecule has 0 saturated heterocycles. The molecule has 0 aliphatic carbocycles. The number of nitrogens with one attached hydrogen (secondary N) is 1. The summed E-state index contributed by atoms with van der Waals surface area (Å²) in [6.07, 6.45) is 0. The van der Waals surface area contributed by atoms with Gasteiger partial charge in [-0.05, 0) is 37.3 Å². The van der Waals surface area contributed by atoms with Gasteiger partial charge in [-0.1, -0.05) is 29.8 Å². The van der Waals surface area contributed by atoms with Gasteiger partial charge >= 0.3 is 0 Å². The second-order valence-electron chi connectivity index (χ2n) is 5.30. The van der Waals surface area contributed by atoms with Crippen molar-refractivity contribution in [1.82, 2.24) is 15.1 Å². The molecule has 1 amide bonds. The Balaban J connectivity index is 1.59. The van der Waals surface area contributed by atoms with E-state index in [0.717, 1.165) is 23.1 Å². The Hall–Kier alpha value is -2.53. The smallest absolute Gasteiger partial charge is 0.258 e. The number of hydrogen-bond acceptors (Lipinski definition) is 3. The van der Waals surface area contributed by atoms with Crippen LogP contribution in [0.3, 0.4) is 0 Å². The third-order valence-corrected chi connectivity index (χ3v) is 3.92. The Morgan fingerprint density at radius 1 is 1.21 bits per heavy atom. The van der Waals surface area contributed by atoms with E-state index in [9.17, 15) is 4.79 Å². The van der Waals surface area contributed by atoms with Crippen molar-refractivity contribution >= 4 is 28.4 Å². The minimum absolute atomic E-state index is 0.0476. The molecule has 1 N–H and O–H groups in total. The number of amides is 1. The average Bonchev–Trinajstić information content (AvgIpc) is 2.97. The van der Waals surface area contributed by atoms with Gasteiger partial charge in [0.1, 0.15) is 5.75 Å². The van der Waals surface area contributed by atoms with E-state index in [1.165, 1.54) is 0 Å². The van der Waals surface area contributed by atoms with Crippen LogP contribution in [0.2, 0.25) is 5.02 Å². The highest BCUT2D eigenvalue weighted by atomic mass is 35.5. The van der Waals surface area contributed by atoms with Crippen LogP contribution in [0.4, 0.5) is 0 Å². The fourth-order valence-corrected chi connectivity index (χ4v) is 2.61. The molecule has 3 aromatic rings. The number of fused-ring (bicyclic) bond motifs is 1. The maximum Gasteiger partial charge on any atom is 0.258 e. The summed E-state index contributed by atoms with van der Waals surface area (Å²) in [6.45, 7) is 3.15. The van der Waals surface area contributed by atoms with Gasteiger partial charge < -0.3 is 10.1 Å². The Kier molecular flexibility index (Phi) is 5.01. The highest BCUT2D eigenvalue weighted by Gasteiger charge is 2.10. The van der Waals surface area contributed by atoms with E-state index in [1.54, 1.807) is 24.3 Å². The number of hydrogen-bond donors (Lipinski definition) is 1. The number of carbonyl (C=O) groups excluding carboxylic acids is 1. The van der Waals surface area contributed by atoms with E-state index < -0.39 is 0 Å². The summed E-state index contributed by atoms with van der Waals surface area (Å²) in [6, 6.07) is 14.9. The van der Waals surface area contributed by atoms with Crippen molar-refractivity contribution in [2.45, 2.75) is 20.0 Å². The van der Waals surface area contributed by atoms with E-state index in [2.05, 4.69) is 10.4 Å². The molecule has 6 heteroatoms. The summed E-state index contributed by atoms with van der Waals surface area (Å²) in [5.74, 6) is 0.412. The number of aryl methyl sites for hydroxylation is 1. The number of ether oxygens (including phenoxy) is 1. The molecule has 0 radical (unpaired) electrons. The predicted molar refractivity (Wildman–Crippen MR) is 94.2 cm³/mol. The molecule has 5 nitrogen and oxygen atoms in total. The lowest BCUT2D eigenvalue weighted by atomic mass is 10.2. The van der Waals surface area contributed by atoms with Crippen molar-refractivity contribution in [2.75, 3.05) is 6.61 Å². The summed E-state index contributed by atoms with van der Waals surface area (Å²) >= 11 is 5.81. The molecule has 24 heavy (non-hydrogen) atoms. The molecular weight excluding hydrogens is 326 g/mol. The molecule has 0 saturated carbocycles. The molecule has 1 aromatic heterocycles. The minimum atomic E-state index is -0.194. The Morgan fingerprint density at radius 3 is 2.71 bits per heavy atom. The fraction of sp³-hybridized carbons (Fsp3) is 0.222. The zero-order valence-corrected chi connectivity index (χ0v) is 14.1. The van der Waals surface area contributed by atoms with E-state index in [0.29, 0.717) is 17.3 Å². The number of rotatable bonds is 6. The van der Waals surface area contributed by atoms with Crippen molar-refractivity contribution in [3.63, 3.8) is 0 Å². The fourth-order valence-electron chi connectivity index (χ4n) is 2.48. The SMILES string of the molecule is CCn1nc(CNC(=O)COc2ccc(Cl)cc2)c2ccccc21. The number of para-hydroxylation sites is 1. The second-order valence-corrected chi connectivity index (χ2v) is 5.74. The van der Waals surface area contributed by atoms with E-state index in [1.807, 2.05) is 35.9 Å². The summed E-state index contributed by atoms with van der Waals surface area (Å²) < 4.78 is 7.36. The molecule has 0 fully saturated rings. The van der Waals surface area contributed by atoms with Gasteiger partial charge in [-0.25, -0.2) is 0 Å². The molecule has 0 spiro atoms. The summed E-state index contributed by atoms with van der Waals surface area (Å²) in [5, 5.41) is 9.08. The zero-order valence-electron chi connectivity index (χ0n) is 13.3. The largest absolute Gasteiger partial charge is 0.484 e. The monoisotopic (exact) mass is 343 g/mol. The quantitative estimate of drug-likeness (QED) is 0.746. The van der Waals surface area contributed by atoms with Gasteiger partial charge in [-0.15, -0.1) is 0 Å². The predicted octanol–water partition coefficient (Wildman–Crippen LogP) is 3.40.